The van der Waals surface area contributed by atoms with E-state index >= 15 is 0 Å². The maximum atomic E-state index is 12.7. The van der Waals surface area contributed by atoms with E-state index < -0.39 is 0 Å². The van der Waals surface area contributed by atoms with Crippen molar-refractivity contribution in [2.45, 2.75) is 6.54 Å². The third kappa shape index (κ3) is 4.00. The molecule has 0 saturated carbocycles. The standard InChI is InChI=1S/C21H14ClNO2S2/c22-16-8-4-7-15(11-16)18-10-9-17(25-18)12-19-20(24)23(21(26)27-19)13-14-5-2-1-3-6-14/h1-12H,13H2/b19-12+. The van der Waals surface area contributed by atoms with Gasteiger partial charge in [0.1, 0.15) is 15.8 Å². The first-order chi connectivity index (χ1) is 13.1. The maximum Gasteiger partial charge on any atom is 0.266 e. The molecule has 0 N–H and O–H groups in total. The quantitative estimate of drug-likeness (QED) is 0.389. The van der Waals surface area contributed by atoms with Crippen molar-refractivity contribution >= 4 is 51.9 Å². The van der Waals surface area contributed by atoms with E-state index in [-0.39, 0.29) is 5.91 Å². The Morgan fingerprint density at radius 1 is 1.07 bits per heavy atom. The fourth-order valence-electron chi connectivity index (χ4n) is 2.76. The molecule has 0 spiro atoms. The zero-order valence-corrected chi connectivity index (χ0v) is 16.5. The molecule has 27 heavy (non-hydrogen) atoms. The van der Waals surface area contributed by atoms with Crippen LogP contribution in [0.25, 0.3) is 17.4 Å². The Hall–Kier alpha value is -2.34. The summed E-state index contributed by atoms with van der Waals surface area (Å²) < 4.78 is 6.41. The third-order valence-electron chi connectivity index (χ3n) is 4.07. The van der Waals surface area contributed by atoms with Crippen LogP contribution in [0.2, 0.25) is 5.02 Å². The summed E-state index contributed by atoms with van der Waals surface area (Å²) in [6.45, 7) is 0.467. The molecule has 2 aromatic carbocycles. The monoisotopic (exact) mass is 411 g/mol. The molecule has 1 fully saturated rings. The lowest BCUT2D eigenvalue weighted by Crippen LogP contribution is -2.27. The second kappa shape index (κ2) is 7.72. The number of halogens is 1. The van der Waals surface area contributed by atoms with E-state index in [9.17, 15) is 4.79 Å². The summed E-state index contributed by atoms with van der Waals surface area (Å²) in [7, 11) is 0. The van der Waals surface area contributed by atoms with Crippen LogP contribution >= 0.6 is 35.6 Å². The van der Waals surface area contributed by atoms with Gasteiger partial charge in [0.25, 0.3) is 5.91 Å². The Balaban J connectivity index is 1.54. The molecule has 0 aliphatic carbocycles. The molecule has 134 valence electrons. The van der Waals surface area contributed by atoms with Crippen LogP contribution < -0.4 is 0 Å². The molecule has 1 amide bonds. The van der Waals surface area contributed by atoms with E-state index in [2.05, 4.69) is 0 Å². The minimum Gasteiger partial charge on any atom is -0.457 e. The number of nitrogens with zero attached hydrogens (tertiary/aromatic N) is 1. The highest BCUT2D eigenvalue weighted by molar-refractivity contribution is 8.26. The maximum absolute atomic E-state index is 12.7. The largest absolute Gasteiger partial charge is 0.457 e. The Labute approximate surface area is 171 Å². The molecule has 1 aliphatic heterocycles. The van der Waals surface area contributed by atoms with Gasteiger partial charge in [0.15, 0.2) is 0 Å². The second-order valence-electron chi connectivity index (χ2n) is 5.97. The average Bonchev–Trinajstić information content (AvgIpc) is 3.23. The average molecular weight is 412 g/mol. The minimum absolute atomic E-state index is 0.102. The van der Waals surface area contributed by atoms with Crippen molar-refractivity contribution in [1.82, 2.24) is 4.90 Å². The Kier molecular flexibility index (Phi) is 5.16. The van der Waals surface area contributed by atoms with Gasteiger partial charge in [-0.15, -0.1) is 0 Å². The van der Waals surface area contributed by atoms with Gasteiger partial charge in [0, 0.05) is 16.7 Å². The zero-order valence-electron chi connectivity index (χ0n) is 14.1. The molecule has 1 aliphatic rings. The Morgan fingerprint density at radius 3 is 2.67 bits per heavy atom. The molecule has 4 rings (SSSR count). The van der Waals surface area contributed by atoms with Gasteiger partial charge in [-0.1, -0.05) is 78.0 Å². The number of thioether (sulfide) groups is 1. The fraction of sp³-hybridized carbons (Fsp3) is 0.0476. The van der Waals surface area contributed by atoms with Crippen LogP contribution in [-0.2, 0) is 11.3 Å². The van der Waals surface area contributed by atoms with Gasteiger partial charge in [-0.25, -0.2) is 0 Å². The van der Waals surface area contributed by atoms with Crippen molar-refractivity contribution in [3.05, 3.63) is 88.0 Å². The van der Waals surface area contributed by atoms with Crippen LogP contribution in [0.3, 0.4) is 0 Å². The molecular weight excluding hydrogens is 398 g/mol. The number of rotatable bonds is 4. The smallest absolute Gasteiger partial charge is 0.266 e. The SMILES string of the molecule is O=C1/C(=C\c2ccc(-c3cccc(Cl)c3)o2)SC(=S)N1Cc1ccccc1. The number of carbonyl (C=O) groups is 1. The van der Waals surface area contributed by atoms with Crippen molar-refractivity contribution in [1.29, 1.82) is 0 Å². The lowest BCUT2D eigenvalue weighted by molar-refractivity contribution is -0.122. The topological polar surface area (TPSA) is 33.5 Å². The van der Waals surface area contributed by atoms with Gasteiger partial charge < -0.3 is 4.42 Å². The van der Waals surface area contributed by atoms with Crippen LogP contribution in [0.1, 0.15) is 11.3 Å². The van der Waals surface area contributed by atoms with Crippen LogP contribution in [0.4, 0.5) is 0 Å². The predicted octanol–water partition coefficient (Wildman–Crippen LogP) is 6.00. The van der Waals surface area contributed by atoms with Crippen molar-refractivity contribution < 1.29 is 9.21 Å². The summed E-state index contributed by atoms with van der Waals surface area (Å²) in [6, 6.07) is 20.9. The number of hydrogen-bond acceptors (Lipinski definition) is 4. The molecule has 2 heterocycles. The summed E-state index contributed by atoms with van der Waals surface area (Å²) in [5.74, 6) is 1.20. The molecule has 0 bridgehead atoms. The van der Waals surface area contributed by atoms with E-state index in [1.165, 1.54) is 11.8 Å². The highest BCUT2D eigenvalue weighted by Gasteiger charge is 2.32. The first-order valence-corrected chi connectivity index (χ1v) is 9.85. The van der Waals surface area contributed by atoms with E-state index in [0.717, 1.165) is 11.1 Å². The molecule has 1 saturated heterocycles. The second-order valence-corrected chi connectivity index (χ2v) is 8.08. The molecule has 0 unspecified atom stereocenters. The molecule has 3 nitrogen and oxygen atoms in total. The van der Waals surface area contributed by atoms with Crippen molar-refractivity contribution in [2.24, 2.45) is 0 Å². The van der Waals surface area contributed by atoms with Crippen LogP contribution in [-0.4, -0.2) is 15.1 Å². The number of furan rings is 1. The normalized spacial score (nSPS) is 15.7. The molecule has 0 radical (unpaired) electrons. The van der Waals surface area contributed by atoms with Gasteiger partial charge in [0.2, 0.25) is 0 Å². The summed E-state index contributed by atoms with van der Waals surface area (Å²) in [6.07, 6.45) is 1.73. The van der Waals surface area contributed by atoms with Crippen LogP contribution in [0, 0.1) is 0 Å². The Morgan fingerprint density at radius 2 is 1.89 bits per heavy atom. The summed E-state index contributed by atoms with van der Waals surface area (Å²) in [4.78, 5) is 14.9. The van der Waals surface area contributed by atoms with Crippen LogP contribution in [0.15, 0.2) is 76.1 Å². The number of hydrogen-bond donors (Lipinski definition) is 0. The minimum atomic E-state index is -0.102. The van der Waals surface area contributed by atoms with Crippen molar-refractivity contribution in [3.8, 4) is 11.3 Å². The first kappa shape index (κ1) is 18.0. The summed E-state index contributed by atoms with van der Waals surface area (Å²) in [5, 5.41) is 0.646. The van der Waals surface area contributed by atoms with Gasteiger partial charge in [-0.05, 0) is 29.8 Å². The predicted molar refractivity (Wildman–Crippen MR) is 114 cm³/mol. The van der Waals surface area contributed by atoms with Gasteiger partial charge >= 0.3 is 0 Å². The number of carbonyl (C=O) groups excluding carboxylic acids is 1. The van der Waals surface area contributed by atoms with Gasteiger partial charge in [0.05, 0.1) is 11.4 Å². The molecule has 0 atom stereocenters. The van der Waals surface area contributed by atoms with Crippen molar-refractivity contribution in [3.63, 3.8) is 0 Å². The van der Waals surface area contributed by atoms with Gasteiger partial charge in [-0.2, -0.15) is 0 Å². The summed E-state index contributed by atoms with van der Waals surface area (Å²) >= 11 is 12.7. The number of benzene rings is 2. The Bertz CT molecular complexity index is 1040. The molecular formula is C21H14ClNO2S2. The van der Waals surface area contributed by atoms with E-state index in [1.54, 1.807) is 11.0 Å². The number of amides is 1. The van der Waals surface area contributed by atoms with E-state index in [0.29, 0.717) is 32.3 Å². The van der Waals surface area contributed by atoms with Crippen molar-refractivity contribution in [2.75, 3.05) is 0 Å². The molecule has 6 heteroatoms. The molecule has 1 aromatic heterocycles. The van der Waals surface area contributed by atoms with E-state index in [1.807, 2.05) is 66.7 Å². The zero-order chi connectivity index (χ0) is 18.8. The van der Waals surface area contributed by atoms with E-state index in [4.69, 9.17) is 28.2 Å². The van der Waals surface area contributed by atoms with Gasteiger partial charge in [-0.3, -0.25) is 9.69 Å². The fourth-order valence-corrected chi connectivity index (χ4v) is 4.18. The highest BCUT2D eigenvalue weighted by Crippen LogP contribution is 2.34. The molecule has 3 aromatic rings. The lowest BCUT2D eigenvalue weighted by atomic mass is 10.2. The first-order valence-electron chi connectivity index (χ1n) is 8.25. The highest BCUT2D eigenvalue weighted by atomic mass is 35.5. The third-order valence-corrected chi connectivity index (χ3v) is 5.68. The summed E-state index contributed by atoms with van der Waals surface area (Å²) in [5.41, 5.74) is 1.93. The lowest BCUT2D eigenvalue weighted by Gasteiger charge is -2.14. The van der Waals surface area contributed by atoms with Crippen LogP contribution in [0.5, 0.6) is 0 Å². The number of thiocarbonyl (C=S) groups is 1.